The van der Waals surface area contributed by atoms with E-state index in [2.05, 4.69) is 44.3 Å². The second kappa shape index (κ2) is 8.47. The van der Waals surface area contributed by atoms with Crippen molar-refractivity contribution in [1.29, 1.82) is 0 Å². The molecule has 5 aliphatic rings. The van der Waals surface area contributed by atoms with Gasteiger partial charge in [-0.1, -0.05) is 32.9 Å². The van der Waals surface area contributed by atoms with Crippen molar-refractivity contribution in [1.82, 2.24) is 0 Å². The number of fused-ring (bicyclic) bond motifs is 2. The first-order chi connectivity index (χ1) is 17.5. The molecule has 1 aromatic rings. The summed E-state index contributed by atoms with van der Waals surface area (Å²) < 4.78 is 5.82. The predicted octanol–water partition coefficient (Wildman–Crippen LogP) is 5.64. The summed E-state index contributed by atoms with van der Waals surface area (Å²) in [5.74, 6) is 1.73. The summed E-state index contributed by atoms with van der Waals surface area (Å²) >= 11 is 0. The molecule has 5 nitrogen and oxygen atoms in total. The molecular weight excluding hydrogens is 462 g/mol. The van der Waals surface area contributed by atoms with Crippen LogP contribution in [0.4, 0.5) is 5.69 Å². The van der Waals surface area contributed by atoms with Gasteiger partial charge in [0.25, 0.3) is 0 Å². The molecule has 37 heavy (non-hydrogen) atoms. The van der Waals surface area contributed by atoms with Gasteiger partial charge in [0, 0.05) is 24.8 Å². The topological polar surface area (TPSA) is 82.0 Å². The number of anilines is 1. The third kappa shape index (κ3) is 3.14. The summed E-state index contributed by atoms with van der Waals surface area (Å²) in [5, 5.41) is 36.7. The summed E-state index contributed by atoms with van der Waals surface area (Å²) in [6.45, 7) is 9.39. The highest BCUT2D eigenvalue weighted by atomic mass is 16.5. The van der Waals surface area contributed by atoms with E-state index < -0.39 is 11.7 Å². The maximum absolute atomic E-state index is 12.4. The van der Waals surface area contributed by atoms with Gasteiger partial charge in [-0.2, -0.15) is 0 Å². The Bertz CT molecular complexity index is 1100. The van der Waals surface area contributed by atoms with Gasteiger partial charge in [-0.05, 0) is 110 Å². The second-order valence-corrected chi connectivity index (χ2v) is 13.8. The van der Waals surface area contributed by atoms with Crippen molar-refractivity contribution in [3.05, 3.63) is 41.2 Å². The fourth-order valence-electron chi connectivity index (χ4n) is 10.9. The van der Waals surface area contributed by atoms with Crippen molar-refractivity contribution >= 4 is 5.69 Å². The van der Waals surface area contributed by atoms with Crippen molar-refractivity contribution in [2.75, 3.05) is 19.0 Å². The van der Waals surface area contributed by atoms with Crippen molar-refractivity contribution < 1.29 is 20.1 Å². The van der Waals surface area contributed by atoms with Crippen LogP contribution in [-0.4, -0.2) is 46.8 Å². The molecule has 1 aromatic carbocycles. The Labute approximate surface area is 222 Å². The number of aryl methyl sites for hydroxylation is 1. The molecule has 5 heteroatoms. The number of aliphatic hydroxyl groups excluding tert-OH is 2. The van der Waals surface area contributed by atoms with Crippen LogP contribution in [-0.2, 0) is 17.6 Å². The number of benzene rings is 1. The van der Waals surface area contributed by atoms with Gasteiger partial charge in [-0.25, -0.2) is 0 Å². The van der Waals surface area contributed by atoms with Crippen molar-refractivity contribution in [3.63, 3.8) is 0 Å². The lowest BCUT2D eigenvalue weighted by molar-refractivity contribution is -0.181. The van der Waals surface area contributed by atoms with E-state index in [0.717, 1.165) is 24.9 Å². The van der Waals surface area contributed by atoms with E-state index in [1.807, 2.05) is 6.92 Å². The molecule has 0 amide bonds. The van der Waals surface area contributed by atoms with Gasteiger partial charge in [0.2, 0.25) is 0 Å². The van der Waals surface area contributed by atoms with Gasteiger partial charge in [0.15, 0.2) is 0 Å². The molecule has 10 atom stereocenters. The van der Waals surface area contributed by atoms with Gasteiger partial charge in [-0.15, -0.1) is 0 Å². The maximum Gasteiger partial charge on any atom is 0.110 e. The zero-order valence-electron chi connectivity index (χ0n) is 23.4. The quantitative estimate of drug-likeness (QED) is 0.382. The molecule has 204 valence electrons. The van der Waals surface area contributed by atoms with Gasteiger partial charge in [-0.3, -0.25) is 0 Å². The first kappa shape index (κ1) is 25.7. The highest BCUT2D eigenvalue weighted by molar-refractivity contribution is 5.53. The minimum Gasteiger partial charge on any atom is -0.512 e. The first-order valence-electron chi connectivity index (χ1n) is 14.7. The van der Waals surface area contributed by atoms with Crippen LogP contribution in [0.15, 0.2) is 30.0 Å². The standard InChI is InChI=1S/C32H47NO4/c1-6-22-8-7-20(14-24(22)33-18-19(2)34)13-21-9-11-31(16-21)12-10-23-17-29(3)30(31,4)27(23)28-25(35)15-26(37-5)32(28,29)36/h7-8,14-15,19,21,23,26-28,33-36H,6,9-13,16-18H2,1-5H3/t19-,21+,23-,26-,27-,28-,29-,30-,31+,32+/m0/s1. The lowest BCUT2D eigenvalue weighted by Crippen LogP contribution is -2.59. The molecule has 0 saturated heterocycles. The van der Waals surface area contributed by atoms with Crippen molar-refractivity contribution in [2.24, 2.45) is 39.9 Å². The minimum absolute atomic E-state index is 0.00779. The Morgan fingerprint density at radius 2 is 1.92 bits per heavy atom. The SMILES string of the molecule is CCc1ccc(C[C@H]2CC[C@@]3(CC[C@H]4C[C@]5(C)[C@@]6(O)[C@@H](OC)C=C(O)[C@H]6[C@H]4[C@]35C)C2)cc1NC[C@H](C)O. The van der Waals surface area contributed by atoms with Crippen LogP contribution >= 0.6 is 0 Å². The molecule has 4 fully saturated rings. The Hall–Kier alpha value is -1.56. The van der Waals surface area contributed by atoms with Gasteiger partial charge in [0.1, 0.15) is 11.7 Å². The lowest BCUT2D eigenvalue weighted by atomic mass is 9.48. The van der Waals surface area contributed by atoms with E-state index in [-0.39, 0.29) is 28.3 Å². The number of methoxy groups -OCH3 is 1. The number of nitrogens with one attached hydrogen (secondary N) is 1. The van der Waals surface area contributed by atoms with E-state index in [4.69, 9.17) is 4.74 Å². The molecule has 0 heterocycles. The molecule has 6 rings (SSSR count). The smallest absolute Gasteiger partial charge is 0.110 e. The Kier molecular flexibility index (Phi) is 5.88. The average Bonchev–Trinajstić information content (AvgIpc) is 3.49. The van der Waals surface area contributed by atoms with Gasteiger partial charge < -0.3 is 25.4 Å². The molecule has 4 bridgehead atoms. The summed E-state index contributed by atoms with van der Waals surface area (Å²) in [6.07, 6.45) is 10.2. The molecule has 4 N–H and O–H groups in total. The molecule has 0 aromatic heterocycles. The van der Waals surface area contributed by atoms with Crippen LogP contribution in [0.5, 0.6) is 0 Å². The Morgan fingerprint density at radius 3 is 2.62 bits per heavy atom. The largest absolute Gasteiger partial charge is 0.512 e. The summed E-state index contributed by atoms with van der Waals surface area (Å²) in [4.78, 5) is 0. The molecule has 0 unspecified atom stereocenters. The van der Waals surface area contributed by atoms with E-state index in [1.165, 1.54) is 43.2 Å². The minimum atomic E-state index is -1.02. The Morgan fingerprint density at radius 1 is 1.16 bits per heavy atom. The summed E-state index contributed by atoms with van der Waals surface area (Å²) in [6, 6.07) is 6.87. The van der Waals surface area contributed by atoms with Crippen LogP contribution in [0.3, 0.4) is 0 Å². The highest BCUT2D eigenvalue weighted by Gasteiger charge is 2.86. The molecule has 0 radical (unpaired) electrons. The normalized spacial score (nSPS) is 46.4. The second-order valence-electron chi connectivity index (χ2n) is 13.8. The zero-order valence-corrected chi connectivity index (χ0v) is 23.4. The predicted molar refractivity (Wildman–Crippen MR) is 146 cm³/mol. The number of ether oxygens (including phenoxy) is 1. The highest BCUT2D eigenvalue weighted by Crippen LogP contribution is 2.86. The third-order valence-electron chi connectivity index (χ3n) is 12.5. The molecule has 4 saturated carbocycles. The zero-order chi connectivity index (χ0) is 26.4. The van der Waals surface area contributed by atoms with E-state index in [1.54, 1.807) is 13.2 Å². The van der Waals surface area contributed by atoms with Crippen LogP contribution in [0.1, 0.15) is 77.3 Å². The van der Waals surface area contributed by atoms with Crippen LogP contribution < -0.4 is 5.32 Å². The van der Waals surface area contributed by atoms with Crippen LogP contribution in [0.25, 0.3) is 0 Å². The average molecular weight is 510 g/mol. The number of rotatable bonds is 7. The summed E-state index contributed by atoms with van der Waals surface area (Å²) in [5.41, 5.74) is 2.75. The van der Waals surface area contributed by atoms with E-state index in [0.29, 0.717) is 30.1 Å². The molecule has 5 aliphatic carbocycles. The lowest BCUT2D eigenvalue weighted by Gasteiger charge is -2.56. The van der Waals surface area contributed by atoms with Crippen molar-refractivity contribution in [3.8, 4) is 0 Å². The van der Waals surface area contributed by atoms with E-state index >= 15 is 0 Å². The fraction of sp³-hybridized carbons (Fsp3) is 0.750. The number of hydrogen-bond donors (Lipinski definition) is 4. The summed E-state index contributed by atoms with van der Waals surface area (Å²) in [7, 11) is 1.67. The van der Waals surface area contributed by atoms with Gasteiger partial charge >= 0.3 is 0 Å². The monoisotopic (exact) mass is 509 g/mol. The van der Waals surface area contributed by atoms with Crippen LogP contribution in [0, 0.1) is 39.9 Å². The maximum atomic E-state index is 12.4. The fourth-order valence-corrected chi connectivity index (χ4v) is 10.9. The first-order valence-corrected chi connectivity index (χ1v) is 14.7. The molecular formula is C32H47NO4. The number of hydrogen-bond acceptors (Lipinski definition) is 5. The van der Waals surface area contributed by atoms with Crippen molar-refractivity contribution in [2.45, 2.75) is 96.9 Å². The molecule has 1 spiro atoms. The number of aliphatic hydroxyl groups is 3. The Balaban J connectivity index is 1.28. The van der Waals surface area contributed by atoms with E-state index in [9.17, 15) is 15.3 Å². The van der Waals surface area contributed by atoms with Gasteiger partial charge in [0.05, 0.1) is 17.8 Å². The van der Waals surface area contributed by atoms with Crippen LogP contribution in [0.2, 0.25) is 0 Å². The third-order valence-corrected chi connectivity index (χ3v) is 12.5. The molecule has 0 aliphatic heterocycles.